The first-order valence-corrected chi connectivity index (χ1v) is 21.7. The number of carboxylic acid groups (broad SMARTS) is 1. The van der Waals surface area contributed by atoms with Gasteiger partial charge >= 0.3 is 11.9 Å². The van der Waals surface area contributed by atoms with Gasteiger partial charge in [0, 0.05) is 22.2 Å². The van der Waals surface area contributed by atoms with E-state index >= 15 is 0 Å². The van der Waals surface area contributed by atoms with Gasteiger partial charge in [-0.3, -0.25) is 0 Å². The molecule has 0 atom stereocenters. The lowest BCUT2D eigenvalue weighted by molar-refractivity contribution is -0.141. The topological polar surface area (TPSA) is 101 Å². The van der Waals surface area contributed by atoms with Crippen molar-refractivity contribution in [3.63, 3.8) is 0 Å². The summed E-state index contributed by atoms with van der Waals surface area (Å²) in [5.74, 6) is -1.84. The van der Waals surface area contributed by atoms with Gasteiger partial charge in [-0.05, 0) is 39.3 Å². The first-order chi connectivity index (χ1) is 13.5. The predicted octanol–water partition coefficient (Wildman–Crippen LogP) is 0.234. The minimum atomic E-state index is -1.59. The van der Waals surface area contributed by atoms with Gasteiger partial charge in [0.15, 0.2) is 36.2 Å². The quantitative estimate of drug-likeness (QED) is 0.140. The van der Waals surface area contributed by atoms with Crippen LogP contribution in [0.2, 0.25) is 43.9 Å². The summed E-state index contributed by atoms with van der Waals surface area (Å²) >= 11 is 0. The second-order valence-electron chi connectivity index (χ2n) is 10.2. The Morgan fingerprint density at radius 3 is 1.67 bits per heavy atom. The van der Waals surface area contributed by atoms with Crippen molar-refractivity contribution >= 4 is 68.1 Å². The van der Waals surface area contributed by atoms with Gasteiger partial charge in [-0.25, -0.2) is 9.59 Å². The number of carbonyl (C=O) groups is 2. The summed E-state index contributed by atoms with van der Waals surface area (Å²) in [5, 5.41) is 8.65. The molecule has 8 nitrogen and oxygen atoms in total. The highest BCUT2D eigenvalue weighted by Gasteiger charge is 2.43. The SMILES string of the molecule is CC(C)(COC(=O)/C=C/C(=O)O)C(C)([SiH2]O[SiH2]O[Si](C)(C)C)[SiH2]O[SiH2]O[Si](C)(C)C. The highest BCUT2D eigenvalue weighted by molar-refractivity contribution is 6.74. The molecule has 0 aromatic carbocycles. The third-order valence-corrected chi connectivity index (χ3v) is 19.8. The molecule has 0 fully saturated rings. The zero-order chi connectivity index (χ0) is 23.6. The van der Waals surface area contributed by atoms with Crippen molar-refractivity contribution in [2.45, 2.75) is 64.7 Å². The van der Waals surface area contributed by atoms with Crippen LogP contribution in [0.3, 0.4) is 0 Å². The largest absolute Gasteiger partial charge is 0.478 e. The molecule has 0 aliphatic rings. The van der Waals surface area contributed by atoms with Crippen LogP contribution in [-0.2, 0) is 30.8 Å². The number of hydrogen-bond donors (Lipinski definition) is 1. The molecule has 0 rings (SSSR count). The second-order valence-corrected chi connectivity index (χ2v) is 29.4. The average molecular weight is 529 g/mol. The zero-order valence-corrected chi connectivity index (χ0v) is 27.7. The van der Waals surface area contributed by atoms with E-state index in [4.69, 9.17) is 26.3 Å². The van der Waals surface area contributed by atoms with Crippen LogP contribution in [0, 0.1) is 5.41 Å². The Bertz CT molecular complexity index is 563. The minimum Gasteiger partial charge on any atom is -0.478 e. The fourth-order valence-corrected chi connectivity index (χ4v) is 15.2. The van der Waals surface area contributed by atoms with Gasteiger partial charge in [0.25, 0.3) is 20.0 Å². The fraction of sp³-hybridized carbons (Fsp3) is 0.750. The Balaban J connectivity index is 5.06. The van der Waals surface area contributed by atoms with Gasteiger partial charge in [-0.2, -0.15) is 0 Å². The molecular weight excluding hydrogens is 489 g/mol. The minimum absolute atomic E-state index is 0.171. The molecule has 0 heterocycles. The predicted molar refractivity (Wildman–Crippen MR) is 135 cm³/mol. The Morgan fingerprint density at radius 1 is 0.867 bits per heavy atom. The number of rotatable bonds is 15. The second kappa shape index (κ2) is 12.8. The fourth-order valence-electron chi connectivity index (χ4n) is 2.02. The molecule has 0 radical (unpaired) electrons. The molecule has 0 bridgehead atoms. The number of hydrogen-bond acceptors (Lipinski definition) is 7. The molecule has 0 aromatic heterocycles. The molecule has 1 N–H and O–H groups in total. The smallest absolute Gasteiger partial charge is 0.331 e. The van der Waals surface area contributed by atoms with Crippen molar-refractivity contribution in [2.24, 2.45) is 5.41 Å². The summed E-state index contributed by atoms with van der Waals surface area (Å²) in [7, 11) is -7.27. The molecule has 0 spiro atoms. The summed E-state index contributed by atoms with van der Waals surface area (Å²) in [6, 6.07) is 0. The van der Waals surface area contributed by atoms with Crippen molar-refractivity contribution in [1.82, 2.24) is 0 Å². The van der Waals surface area contributed by atoms with E-state index in [1.54, 1.807) is 0 Å². The lowest BCUT2D eigenvalue weighted by atomic mass is 9.90. The monoisotopic (exact) mass is 528 g/mol. The summed E-state index contributed by atoms with van der Waals surface area (Å²) in [6.45, 7) is 19.3. The lowest BCUT2D eigenvalue weighted by Gasteiger charge is -2.43. The van der Waals surface area contributed by atoms with Crippen molar-refractivity contribution in [3.8, 4) is 0 Å². The van der Waals surface area contributed by atoms with Gasteiger partial charge in [0.1, 0.15) is 0 Å². The van der Waals surface area contributed by atoms with Crippen molar-refractivity contribution in [3.05, 3.63) is 12.2 Å². The number of aliphatic carboxylic acids is 1. The highest BCUT2D eigenvalue weighted by Crippen LogP contribution is 2.44. The van der Waals surface area contributed by atoms with Crippen LogP contribution in [0.5, 0.6) is 0 Å². The third-order valence-electron chi connectivity index (χ3n) is 4.56. The molecule has 30 heavy (non-hydrogen) atoms. The summed E-state index contributed by atoms with van der Waals surface area (Å²) < 4.78 is 29.4. The van der Waals surface area contributed by atoms with E-state index in [0.717, 1.165) is 12.2 Å². The highest BCUT2D eigenvalue weighted by atomic mass is 28.4. The van der Waals surface area contributed by atoms with Crippen molar-refractivity contribution < 1.29 is 35.9 Å². The maximum Gasteiger partial charge on any atom is 0.331 e. The van der Waals surface area contributed by atoms with Gasteiger partial charge in [-0.1, -0.05) is 20.8 Å². The Hall–Kier alpha value is -0.179. The molecule has 0 aliphatic carbocycles. The molecular formula is C16H40O8Si6. The van der Waals surface area contributed by atoms with Gasteiger partial charge in [0.05, 0.1) is 6.61 Å². The summed E-state index contributed by atoms with van der Waals surface area (Å²) in [4.78, 5) is 22.4. The van der Waals surface area contributed by atoms with E-state index in [-0.39, 0.29) is 16.7 Å². The lowest BCUT2D eigenvalue weighted by Crippen LogP contribution is -2.45. The van der Waals surface area contributed by atoms with Crippen LogP contribution in [0.1, 0.15) is 20.8 Å². The molecule has 0 amide bonds. The van der Waals surface area contributed by atoms with Gasteiger partial charge in [0.2, 0.25) is 0 Å². The normalized spacial score (nSPS) is 16.8. The molecule has 0 aliphatic heterocycles. The van der Waals surface area contributed by atoms with Gasteiger partial charge < -0.3 is 26.3 Å². The maximum absolute atomic E-state index is 11.8. The zero-order valence-electron chi connectivity index (χ0n) is 20.0. The Labute approximate surface area is 192 Å². The molecule has 0 saturated heterocycles. The van der Waals surface area contributed by atoms with E-state index in [1.165, 1.54) is 0 Å². The summed E-state index contributed by atoms with van der Waals surface area (Å²) in [5.41, 5.74) is -0.362. The van der Waals surface area contributed by atoms with Crippen molar-refractivity contribution in [2.75, 3.05) is 6.61 Å². The first-order valence-electron chi connectivity index (χ1n) is 9.99. The number of carboxylic acids is 1. The van der Waals surface area contributed by atoms with E-state index in [9.17, 15) is 9.59 Å². The van der Waals surface area contributed by atoms with E-state index in [0.29, 0.717) is 0 Å². The first kappa shape index (κ1) is 29.8. The standard InChI is InChI=1S/C16H40O8Si6/c1-15(2,12-20-14(19)11-10-13(17)18)16(3,25-21-27-23-29(4,5)6)26-22-28-24-30(7,8)9/h10-11H,12,25-28H2,1-9H3,(H,17,18)/b11-10+. The molecule has 0 unspecified atom stereocenters. The van der Waals surface area contributed by atoms with Crippen molar-refractivity contribution in [1.29, 1.82) is 0 Å². The van der Waals surface area contributed by atoms with Crippen LogP contribution in [-0.4, -0.2) is 79.8 Å². The van der Waals surface area contributed by atoms with Crippen LogP contribution in [0.15, 0.2) is 12.2 Å². The number of ether oxygens (including phenoxy) is 1. The third kappa shape index (κ3) is 14.0. The Morgan fingerprint density at radius 2 is 1.30 bits per heavy atom. The summed E-state index contributed by atoms with van der Waals surface area (Å²) in [6.07, 6.45) is 1.71. The van der Waals surface area contributed by atoms with Crippen LogP contribution in [0.4, 0.5) is 0 Å². The number of esters is 1. The number of carbonyl (C=O) groups excluding carboxylic acids is 1. The molecule has 0 aromatic rings. The molecule has 176 valence electrons. The Kier molecular flexibility index (Phi) is 12.7. The van der Waals surface area contributed by atoms with E-state index < -0.39 is 68.1 Å². The molecule has 0 saturated carbocycles. The molecule has 14 heteroatoms. The van der Waals surface area contributed by atoms with Crippen LogP contribution in [0.25, 0.3) is 0 Å². The average Bonchev–Trinajstić information content (AvgIpc) is 2.57. The van der Waals surface area contributed by atoms with Gasteiger partial charge in [-0.15, -0.1) is 0 Å². The van der Waals surface area contributed by atoms with Crippen LogP contribution >= 0.6 is 0 Å². The van der Waals surface area contributed by atoms with Crippen LogP contribution < -0.4 is 0 Å². The van der Waals surface area contributed by atoms with E-state index in [1.807, 2.05) is 0 Å². The van der Waals surface area contributed by atoms with E-state index in [2.05, 4.69) is 60.1 Å². The maximum atomic E-state index is 11.8.